The van der Waals surface area contributed by atoms with Gasteiger partial charge < -0.3 is 15.4 Å². The topological polar surface area (TPSA) is 72.3 Å². The highest BCUT2D eigenvalue weighted by atomic mass is 16.5. The molecule has 0 amide bonds. The predicted octanol–water partition coefficient (Wildman–Crippen LogP) is 1.94. The molecule has 0 saturated carbocycles. The van der Waals surface area contributed by atoms with Crippen LogP contribution in [0.15, 0.2) is 28.8 Å². The summed E-state index contributed by atoms with van der Waals surface area (Å²) in [6.45, 7) is 1.84. The maximum Gasteiger partial charge on any atom is 0.171 e. The molecule has 14 heavy (non-hydrogen) atoms. The summed E-state index contributed by atoms with van der Waals surface area (Å²) in [6, 6.07) is 6.69. The number of aromatic nitrogens is 1. The molecule has 0 spiro atoms. The summed E-state index contributed by atoms with van der Waals surface area (Å²) in [5.41, 5.74) is 7.22. The first-order chi connectivity index (χ1) is 6.68. The maximum absolute atomic E-state index is 9.11. The zero-order valence-corrected chi connectivity index (χ0v) is 7.69. The van der Waals surface area contributed by atoms with Crippen molar-refractivity contribution < 1.29 is 9.63 Å². The van der Waals surface area contributed by atoms with Gasteiger partial charge in [0, 0.05) is 11.1 Å². The molecule has 72 valence electrons. The van der Waals surface area contributed by atoms with E-state index < -0.39 is 0 Å². The minimum atomic E-state index is 0.221. The normalized spacial score (nSPS) is 10.4. The van der Waals surface area contributed by atoms with Crippen LogP contribution in [0.3, 0.4) is 0 Å². The van der Waals surface area contributed by atoms with Gasteiger partial charge >= 0.3 is 0 Å². The molecule has 0 saturated heterocycles. The molecule has 3 N–H and O–H groups in total. The number of nitrogens with two attached hydrogens (primary N) is 1. The van der Waals surface area contributed by atoms with E-state index >= 15 is 0 Å². The molecule has 0 aliphatic carbocycles. The van der Waals surface area contributed by atoms with Crippen LogP contribution >= 0.6 is 0 Å². The van der Waals surface area contributed by atoms with Crippen molar-refractivity contribution in [2.45, 2.75) is 6.92 Å². The fourth-order valence-corrected chi connectivity index (χ4v) is 1.23. The van der Waals surface area contributed by atoms with Gasteiger partial charge in [-0.1, -0.05) is 5.16 Å². The second kappa shape index (κ2) is 3.06. The monoisotopic (exact) mass is 190 g/mol. The average Bonchev–Trinajstić information content (AvgIpc) is 2.50. The van der Waals surface area contributed by atoms with Crippen LogP contribution < -0.4 is 5.73 Å². The van der Waals surface area contributed by atoms with E-state index in [0.29, 0.717) is 11.6 Å². The number of aromatic hydroxyl groups is 1. The van der Waals surface area contributed by atoms with Gasteiger partial charge in [0.05, 0.1) is 0 Å². The molecule has 2 aromatic rings. The summed E-state index contributed by atoms with van der Waals surface area (Å²) >= 11 is 0. The van der Waals surface area contributed by atoms with Crippen molar-refractivity contribution >= 4 is 5.82 Å². The number of hydrogen-bond donors (Lipinski definition) is 2. The summed E-state index contributed by atoms with van der Waals surface area (Å²) in [5.74, 6) is 1.26. The van der Waals surface area contributed by atoms with Crippen LogP contribution in [0.1, 0.15) is 5.56 Å². The first kappa shape index (κ1) is 8.62. The molecule has 1 aromatic carbocycles. The maximum atomic E-state index is 9.11. The smallest absolute Gasteiger partial charge is 0.171 e. The molecule has 0 aliphatic rings. The first-order valence-electron chi connectivity index (χ1n) is 4.19. The number of anilines is 1. The zero-order chi connectivity index (χ0) is 10.1. The molecule has 2 rings (SSSR count). The minimum Gasteiger partial charge on any atom is -0.508 e. The van der Waals surface area contributed by atoms with Crippen LogP contribution in [0.4, 0.5) is 5.82 Å². The van der Waals surface area contributed by atoms with E-state index in [1.54, 1.807) is 24.3 Å². The summed E-state index contributed by atoms with van der Waals surface area (Å²) in [6.07, 6.45) is 0. The van der Waals surface area contributed by atoms with E-state index in [-0.39, 0.29) is 5.75 Å². The van der Waals surface area contributed by atoms with Crippen LogP contribution in [-0.2, 0) is 0 Å². The molecule has 1 heterocycles. The summed E-state index contributed by atoms with van der Waals surface area (Å²) in [7, 11) is 0. The lowest BCUT2D eigenvalue weighted by Gasteiger charge is -1.97. The van der Waals surface area contributed by atoms with Gasteiger partial charge in [-0.3, -0.25) is 0 Å². The molecular formula is C10H10N2O2. The Morgan fingerprint density at radius 3 is 2.43 bits per heavy atom. The minimum absolute atomic E-state index is 0.221. The molecule has 4 heteroatoms. The first-order valence-corrected chi connectivity index (χ1v) is 4.19. The van der Waals surface area contributed by atoms with E-state index in [2.05, 4.69) is 5.16 Å². The second-order valence-electron chi connectivity index (χ2n) is 3.07. The van der Waals surface area contributed by atoms with Crippen LogP contribution in [0.25, 0.3) is 11.3 Å². The second-order valence-corrected chi connectivity index (χ2v) is 3.07. The third-order valence-electron chi connectivity index (χ3n) is 2.09. The Hall–Kier alpha value is -1.97. The number of nitrogens with zero attached hydrogens (tertiary/aromatic N) is 1. The quantitative estimate of drug-likeness (QED) is 0.720. The lowest BCUT2D eigenvalue weighted by molar-refractivity contribution is 0.435. The summed E-state index contributed by atoms with van der Waals surface area (Å²) < 4.78 is 5.06. The molecule has 0 unspecified atom stereocenters. The van der Waals surface area contributed by atoms with Crippen molar-refractivity contribution in [2.24, 2.45) is 0 Å². The van der Waals surface area contributed by atoms with Crippen molar-refractivity contribution in [3.8, 4) is 17.1 Å². The van der Waals surface area contributed by atoms with Crippen LogP contribution in [0, 0.1) is 6.92 Å². The van der Waals surface area contributed by atoms with E-state index in [9.17, 15) is 0 Å². The van der Waals surface area contributed by atoms with Crippen molar-refractivity contribution in [3.05, 3.63) is 29.8 Å². The fraction of sp³-hybridized carbons (Fsp3) is 0.100. The number of benzene rings is 1. The predicted molar refractivity (Wildman–Crippen MR) is 52.8 cm³/mol. The van der Waals surface area contributed by atoms with Gasteiger partial charge in [0.2, 0.25) is 0 Å². The van der Waals surface area contributed by atoms with Gasteiger partial charge in [-0.05, 0) is 31.2 Å². The molecule has 0 bridgehead atoms. The number of phenolic OH excluding ortho intramolecular Hbond substituents is 1. The van der Waals surface area contributed by atoms with Crippen LogP contribution in [0.5, 0.6) is 5.75 Å². The van der Waals surface area contributed by atoms with Crippen LogP contribution in [-0.4, -0.2) is 10.3 Å². The molecular weight excluding hydrogens is 180 g/mol. The Morgan fingerprint density at radius 1 is 1.29 bits per heavy atom. The number of hydrogen-bond acceptors (Lipinski definition) is 4. The van der Waals surface area contributed by atoms with Crippen molar-refractivity contribution in [1.29, 1.82) is 0 Å². The fourth-order valence-electron chi connectivity index (χ4n) is 1.23. The highest BCUT2D eigenvalue weighted by molar-refractivity contribution is 5.65. The summed E-state index contributed by atoms with van der Waals surface area (Å²) in [4.78, 5) is 0. The van der Waals surface area contributed by atoms with Crippen molar-refractivity contribution in [1.82, 2.24) is 5.16 Å². The van der Waals surface area contributed by atoms with E-state index in [1.165, 1.54) is 0 Å². The molecule has 4 nitrogen and oxygen atoms in total. The average molecular weight is 190 g/mol. The number of nitrogen functional groups attached to an aromatic ring is 1. The molecule has 0 aliphatic heterocycles. The van der Waals surface area contributed by atoms with Gasteiger partial charge in [-0.15, -0.1) is 0 Å². The van der Waals surface area contributed by atoms with Crippen molar-refractivity contribution in [2.75, 3.05) is 5.73 Å². The Morgan fingerprint density at radius 2 is 1.93 bits per heavy atom. The van der Waals surface area contributed by atoms with Gasteiger partial charge in [0.1, 0.15) is 5.75 Å². The van der Waals surface area contributed by atoms with Crippen molar-refractivity contribution in [3.63, 3.8) is 0 Å². The van der Waals surface area contributed by atoms with Gasteiger partial charge in [-0.2, -0.15) is 0 Å². The summed E-state index contributed by atoms with van der Waals surface area (Å²) in [5, 5.41) is 12.8. The van der Waals surface area contributed by atoms with E-state index in [0.717, 1.165) is 11.1 Å². The van der Waals surface area contributed by atoms with Gasteiger partial charge in [0.15, 0.2) is 11.6 Å². The molecule has 0 atom stereocenters. The standard InChI is InChI=1S/C10H10N2O2/c1-6-9(14-12-10(6)11)7-2-4-8(13)5-3-7/h2-5,13H,1H3,(H2,11,12). The Labute approximate surface area is 81.0 Å². The molecule has 1 aromatic heterocycles. The third-order valence-corrected chi connectivity index (χ3v) is 2.09. The number of phenols is 1. The van der Waals surface area contributed by atoms with Gasteiger partial charge in [0.25, 0.3) is 0 Å². The highest BCUT2D eigenvalue weighted by Crippen LogP contribution is 2.27. The van der Waals surface area contributed by atoms with E-state index in [1.807, 2.05) is 6.92 Å². The number of rotatable bonds is 1. The molecule has 0 radical (unpaired) electrons. The van der Waals surface area contributed by atoms with Gasteiger partial charge in [-0.25, -0.2) is 0 Å². The Balaban J connectivity index is 2.49. The zero-order valence-electron chi connectivity index (χ0n) is 7.69. The lowest BCUT2D eigenvalue weighted by Crippen LogP contribution is -1.86. The third kappa shape index (κ3) is 1.31. The highest BCUT2D eigenvalue weighted by Gasteiger charge is 2.10. The SMILES string of the molecule is Cc1c(N)noc1-c1ccc(O)cc1. The van der Waals surface area contributed by atoms with E-state index in [4.69, 9.17) is 15.4 Å². The Bertz CT molecular complexity index is 446. The molecule has 0 fully saturated rings. The largest absolute Gasteiger partial charge is 0.508 e. The lowest BCUT2D eigenvalue weighted by atomic mass is 10.1. The van der Waals surface area contributed by atoms with Crippen LogP contribution in [0.2, 0.25) is 0 Å². The Kier molecular flexibility index (Phi) is 1.89.